The summed E-state index contributed by atoms with van der Waals surface area (Å²) in [7, 11) is -0.432. The Morgan fingerprint density at radius 3 is 2.27 bits per heavy atom. The molecule has 9 heteroatoms. The summed E-state index contributed by atoms with van der Waals surface area (Å²) in [6.45, 7) is 13.1. The number of hydrogen-bond donors (Lipinski definition) is 2. The second-order valence-corrected chi connectivity index (χ2v) is 5.59. The molecule has 0 saturated heterocycles. The van der Waals surface area contributed by atoms with E-state index in [4.69, 9.17) is 4.65 Å². The smallest absolute Gasteiger partial charge is 0.423 e. The van der Waals surface area contributed by atoms with E-state index in [1.165, 1.54) is 12.2 Å². The highest BCUT2D eigenvalue weighted by Crippen LogP contribution is 2.14. The maximum atomic E-state index is 12.0. The largest absolute Gasteiger partial charge is 0.491 e. The summed E-state index contributed by atoms with van der Waals surface area (Å²) in [5.74, 6) is -0.272. The van der Waals surface area contributed by atoms with Crippen LogP contribution in [0.1, 0.15) is 19.4 Å². The Labute approximate surface area is 175 Å². The molecule has 2 rings (SSSR count). The maximum absolute atomic E-state index is 12.0. The summed E-state index contributed by atoms with van der Waals surface area (Å²) in [5, 5.41) is 12.5. The Morgan fingerprint density at radius 1 is 1.27 bits per heavy atom. The number of amides is 1. The zero-order chi connectivity index (χ0) is 23.7. The van der Waals surface area contributed by atoms with Crippen LogP contribution in [0.15, 0.2) is 67.8 Å². The van der Waals surface area contributed by atoms with Gasteiger partial charge in [-0.3, -0.25) is 9.18 Å². The minimum Gasteiger partial charge on any atom is -0.423 e. The molecule has 1 aromatic rings. The van der Waals surface area contributed by atoms with Crippen LogP contribution in [0.5, 0.6) is 0 Å². The fourth-order valence-corrected chi connectivity index (χ4v) is 2.07. The molecule has 30 heavy (non-hydrogen) atoms. The number of rotatable bonds is 4. The van der Waals surface area contributed by atoms with Gasteiger partial charge in [0.1, 0.15) is 0 Å². The molecule has 0 fully saturated rings. The van der Waals surface area contributed by atoms with Crippen molar-refractivity contribution < 1.29 is 32.0 Å². The standard InChI is InChI=1S/C15H16BNO3.C3H6.C2H3F3.CH3F/c1-3-5-11(4-2)15(18)17-13-7-6-12-8-9-20-16(19)14(12)10-13;1-3-2;1-2(3,4)5;1-2/h3-7,10,19H,1-2,8-9H2,(H,17,18);3H,1H2,2H3;1H3;1H3/b11-5+;;;. The third kappa shape index (κ3) is 13.5. The van der Waals surface area contributed by atoms with Gasteiger partial charge in [0.25, 0.3) is 5.91 Å². The molecule has 4 nitrogen and oxygen atoms in total. The van der Waals surface area contributed by atoms with Crippen molar-refractivity contribution in [2.24, 2.45) is 0 Å². The van der Waals surface area contributed by atoms with Gasteiger partial charge in [-0.15, -0.1) is 6.58 Å². The predicted molar refractivity (Wildman–Crippen MR) is 115 cm³/mol. The number of allylic oxidation sites excluding steroid dienone is 3. The Hall–Kier alpha value is -2.65. The van der Waals surface area contributed by atoms with E-state index in [2.05, 4.69) is 25.1 Å². The number of hydrogen-bond acceptors (Lipinski definition) is 3. The number of benzene rings is 1. The first-order valence-electron chi connectivity index (χ1n) is 8.77. The molecule has 1 heterocycles. The zero-order valence-electron chi connectivity index (χ0n) is 17.4. The molecule has 1 aromatic carbocycles. The van der Waals surface area contributed by atoms with Crippen LogP contribution in [0.3, 0.4) is 0 Å². The molecule has 0 radical (unpaired) electrons. The van der Waals surface area contributed by atoms with Crippen molar-refractivity contribution in [3.63, 3.8) is 0 Å². The maximum Gasteiger partial charge on any atom is 0.491 e. The quantitative estimate of drug-likeness (QED) is 0.243. The topological polar surface area (TPSA) is 58.6 Å². The van der Waals surface area contributed by atoms with E-state index < -0.39 is 13.3 Å². The van der Waals surface area contributed by atoms with Crippen molar-refractivity contribution in [3.05, 3.63) is 73.4 Å². The average Bonchev–Trinajstić information content (AvgIpc) is 2.67. The second kappa shape index (κ2) is 16.2. The molecular weight excluding hydrogens is 401 g/mol. The van der Waals surface area contributed by atoms with Crippen molar-refractivity contribution in [3.8, 4) is 0 Å². The zero-order valence-corrected chi connectivity index (χ0v) is 17.4. The number of nitrogens with one attached hydrogen (secondary N) is 1. The molecule has 0 unspecified atom stereocenters. The minimum atomic E-state index is -4.00. The second-order valence-electron chi connectivity index (χ2n) is 5.59. The van der Waals surface area contributed by atoms with Crippen LogP contribution < -0.4 is 10.8 Å². The molecule has 1 aliphatic heterocycles. The number of carbonyl (C=O) groups is 1. The molecule has 0 aromatic heterocycles. The van der Waals surface area contributed by atoms with Gasteiger partial charge in [0.05, 0.1) is 7.18 Å². The van der Waals surface area contributed by atoms with Gasteiger partial charge in [0, 0.05) is 24.8 Å². The van der Waals surface area contributed by atoms with Gasteiger partial charge < -0.3 is 15.0 Å². The summed E-state index contributed by atoms with van der Waals surface area (Å²) in [6.07, 6.45) is 3.09. The number of anilines is 1. The lowest BCUT2D eigenvalue weighted by atomic mass is 9.73. The molecule has 2 N–H and O–H groups in total. The SMILES string of the molecule is C=C/C=C(\C=C)C(=O)Nc1ccc2c(c1)B(O)OCC2.C=CC.CC(F)(F)F.CF. The van der Waals surface area contributed by atoms with Crippen LogP contribution in [-0.2, 0) is 15.9 Å². The van der Waals surface area contributed by atoms with E-state index in [0.717, 1.165) is 12.0 Å². The van der Waals surface area contributed by atoms with E-state index in [9.17, 15) is 27.4 Å². The predicted octanol–water partition coefficient (Wildman–Crippen LogP) is 4.53. The third-order valence-corrected chi connectivity index (χ3v) is 3.10. The van der Waals surface area contributed by atoms with Crippen LogP contribution in [0.4, 0.5) is 23.2 Å². The first-order valence-corrected chi connectivity index (χ1v) is 8.77. The Balaban J connectivity index is 0. The van der Waals surface area contributed by atoms with E-state index in [1.807, 2.05) is 19.1 Å². The molecule has 166 valence electrons. The highest BCUT2D eigenvalue weighted by atomic mass is 19.4. The third-order valence-electron chi connectivity index (χ3n) is 3.10. The molecule has 0 aliphatic carbocycles. The van der Waals surface area contributed by atoms with Gasteiger partial charge in [0.15, 0.2) is 0 Å². The summed E-state index contributed by atoms with van der Waals surface area (Å²) in [6, 6.07) is 5.43. The monoisotopic (exact) mass is 429 g/mol. The number of alkyl halides is 4. The lowest BCUT2D eigenvalue weighted by Crippen LogP contribution is -2.41. The van der Waals surface area contributed by atoms with Crippen molar-refractivity contribution in [2.45, 2.75) is 26.4 Å². The summed E-state index contributed by atoms with van der Waals surface area (Å²) in [5.41, 5.74) is 2.76. The van der Waals surface area contributed by atoms with Crippen LogP contribution in [-0.4, -0.2) is 38.0 Å². The Morgan fingerprint density at radius 2 is 1.80 bits per heavy atom. The van der Waals surface area contributed by atoms with Crippen molar-refractivity contribution in [2.75, 3.05) is 19.1 Å². The van der Waals surface area contributed by atoms with E-state index in [-0.39, 0.29) is 12.8 Å². The molecule has 1 amide bonds. The van der Waals surface area contributed by atoms with Gasteiger partial charge in [-0.1, -0.05) is 43.5 Å². The summed E-state index contributed by atoms with van der Waals surface area (Å²) < 4.78 is 45.7. The molecule has 0 bridgehead atoms. The Bertz CT molecular complexity index is 713. The Kier molecular flexibility index (Phi) is 15.9. The fourth-order valence-electron chi connectivity index (χ4n) is 2.07. The van der Waals surface area contributed by atoms with E-state index >= 15 is 0 Å². The number of carbonyl (C=O) groups excluding carboxylic acids is 1. The first kappa shape index (κ1) is 29.6. The van der Waals surface area contributed by atoms with Gasteiger partial charge in [-0.05, 0) is 36.5 Å². The van der Waals surface area contributed by atoms with Gasteiger partial charge in [-0.2, -0.15) is 13.2 Å². The average molecular weight is 429 g/mol. The van der Waals surface area contributed by atoms with E-state index in [1.54, 1.807) is 18.2 Å². The first-order chi connectivity index (χ1) is 14.1. The summed E-state index contributed by atoms with van der Waals surface area (Å²) in [4.78, 5) is 12.0. The van der Waals surface area contributed by atoms with Crippen LogP contribution in [0.25, 0.3) is 0 Å². The van der Waals surface area contributed by atoms with Gasteiger partial charge >= 0.3 is 13.3 Å². The number of fused-ring (bicyclic) bond motifs is 1. The molecule has 0 spiro atoms. The van der Waals surface area contributed by atoms with Crippen molar-refractivity contribution in [1.29, 1.82) is 0 Å². The van der Waals surface area contributed by atoms with Crippen LogP contribution in [0.2, 0.25) is 0 Å². The van der Waals surface area contributed by atoms with Crippen molar-refractivity contribution in [1.82, 2.24) is 0 Å². The highest BCUT2D eigenvalue weighted by Gasteiger charge is 2.25. The normalized spacial score (nSPS) is 12.3. The molecule has 0 atom stereocenters. The fraction of sp³-hybridized carbons (Fsp3) is 0.286. The molecule has 0 saturated carbocycles. The van der Waals surface area contributed by atoms with Crippen LogP contribution in [0, 0.1) is 0 Å². The highest BCUT2D eigenvalue weighted by molar-refractivity contribution is 6.61. The van der Waals surface area contributed by atoms with Crippen molar-refractivity contribution >= 4 is 24.2 Å². The minimum absolute atomic E-state index is 0.188. The lowest BCUT2D eigenvalue weighted by molar-refractivity contribution is -0.112. The number of halogens is 4. The lowest BCUT2D eigenvalue weighted by Gasteiger charge is -2.19. The summed E-state index contributed by atoms with van der Waals surface area (Å²) >= 11 is 0. The van der Waals surface area contributed by atoms with E-state index in [0.29, 0.717) is 30.5 Å². The molecule has 1 aliphatic rings. The van der Waals surface area contributed by atoms with Gasteiger partial charge in [-0.25, -0.2) is 0 Å². The molecular formula is C21H28BF4NO3. The van der Waals surface area contributed by atoms with Crippen LogP contribution >= 0.6 is 0 Å². The van der Waals surface area contributed by atoms with Gasteiger partial charge in [0.2, 0.25) is 0 Å².